The molecule has 0 spiro atoms. The lowest BCUT2D eigenvalue weighted by Crippen LogP contribution is -2.29. The lowest BCUT2D eigenvalue weighted by Gasteiger charge is -2.24. The second-order valence-corrected chi connectivity index (χ2v) is 5.14. The lowest BCUT2D eigenvalue weighted by molar-refractivity contribution is 0.0381. The maximum atomic E-state index is 5.95. The molecule has 2 unspecified atom stereocenters. The van der Waals surface area contributed by atoms with Gasteiger partial charge in [-0.1, -0.05) is 51.0 Å². The number of aryl methyl sites for hydroxylation is 1. The first-order valence-corrected chi connectivity index (χ1v) is 7.60. The molecule has 2 nitrogen and oxygen atoms in total. The van der Waals surface area contributed by atoms with Gasteiger partial charge in [-0.3, -0.25) is 0 Å². The summed E-state index contributed by atoms with van der Waals surface area (Å²) in [6.07, 6.45) is 4.95. The topological polar surface area (TPSA) is 21.3 Å². The monoisotopic (exact) mass is 263 g/mol. The van der Waals surface area contributed by atoms with Crippen LogP contribution in [0.5, 0.6) is 0 Å². The van der Waals surface area contributed by atoms with Gasteiger partial charge in [-0.05, 0) is 37.9 Å². The van der Waals surface area contributed by atoms with Gasteiger partial charge in [0.05, 0.1) is 12.1 Å². The molecule has 2 atom stereocenters. The van der Waals surface area contributed by atoms with E-state index in [4.69, 9.17) is 4.74 Å². The van der Waals surface area contributed by atoms with Gasteiger partial charge in [-0.15, -0.1) is 0 Å². The van der Waals surface area contributed by atoms with Gasteiger partial charge in [0, 0.05) is 6.61 Å². The predicted molar refractivity (Wildman–Crippen MR) is 82.6 cm³/mol. The molecule has 0 saturated heterocycles. The molecule has 1 N–H and O–H groups in total. The second-order valence-electron chi connectivity index (χ2n) is 5.14. The van der Waals surface area contributed by atoms with Crippen LogP contribution < -0.4 is 5.32 Å². The first-order chi connectivity index (χ1) is 9.22. The number of likely N-dealkylation sites (N-methyl/N-ethyl adjacent to an activating group) is 1. The van der Waals surface area contributed by atoms with E-state index in [1.165, 1.54) is 24.0 Å². The van der Waals surface area contributed by atoms with Crippen molar-refractivity contribution in [3.05, 3.63) is 35.4 Å². The number of benzene rings is 1. The fourth-order valence-corrected chi connectivity index (χ4v) is 2.35. The van der Waals surface area contributed by atoms with Gasteiger partial charge >= 0.3 is 0 Å². The molecule has 0 saturated carbocycles. The third-order valence-electron chi connectivity index (χ3n) is 3.66. The first-order valence-electron chi connectivity index (χ1n) is 7.60. The van der Waals surface area contributed by atoms with Crippen molar-refractivity contribution < 1.29 is 4.74 Å². The van der Waals surface area contributed by atoms with Crippen LogP contribution in [0.25, 0.3) is 0 Å². The van der Waals surface area contributed by atoms with Crippen molar-refractivity contribution in [1.29, 1.82) is 0 Å². The Hall–Kier alpha value is -0.860. The molecule has 0 fully saturated rings. The average molecular weight is 263 g/mol. The van der Waals surface area contributed by atoms with E-state index in [0.29, 0.717) is 0 Å². The van der Waals surface area contributed by atoms with Gasteiger partial charge < -0.3 is 10.1 Å². The largest absolute Gasteiger partial charge is 0.377 e. The Bertz CT molecular complexity index is 334. The minimum absolute atomic E-state index is 0.203. The third kappa shape index (κ3) is 5.33. The van der Waals surface area contributed by atoms with Crippen molar-refractivity contribution in [3.8, 4) is 0 Å². The molecule has 1 aromatic carbocycles. The van der Waals surface area contributed by atoms with E-state index < -0.39 is 0 Å². The van der Waals surface area contributed by atoms with Crippen LogP contribution in [-0.4, -0.2) is 19.8 Å². The molecule has 0 radical (unpaired) electrons. The highest BCUT2D eigenvalue weighted by Crippen LogP contribution is 2.20. The van der Waals surface area contributed by atoms with Crippen LogP contribution >= 0.6 is 0 Å². The van der Waals surface area contributed by atoms with Crippen LogP contribution in [0.15, 0.2) is 24.3 Å². The molecule has 0 heterocycles. The minimum atomic E-state index is 0.203. The smallest absolute Gasteiger partial charge is 0.0741 e. The lowest BCUT2D eigenvalue weighted by atomic mass is 10.0. The number of nitrogens with one attached hydrogen (secondary N) is 1. The molecule has 0 aliphatic rings. The van der Waals surface area contributed by atoms with E-state index in [0.717, 1.165) is 19.4 Å². The third-order valence-corrected chi connectivity index (χ3v) is 3.66. The molecule has 0 aliphatic heterocycles. The maximum Gasteiger partial charge on any atom is 0.0741 e. The van der Waals surface area contributed by atoms with Crippen LogP contribution in [0.1, 0.15) is 57.2 Å². The maximum absolute atomic E-state index is 5.95. The zero-order chi connectivity index (χ0) is 14.1. The number of rotatable bonds is 9. The molecule has 0 aliphatic carbocycles. The van der Waals surface area contributed by atoms with Crippen molar-refractivity contribution in [2.45, 2.75) is 58.6 Å². The fraction of sp³-hybridized carbons (Fsp3) is 0.647. The molecule has 1 aromatic rings. The van der Waals surface area contributed by atoms with E-state index >= 15 is 0 Å². The zero-order valence-electron chi connectivity index (χ0n) is 12.9. The average Bonchev–Trinajstić information content (AvgIpc) is 2.45. The zero-order valence-corrected chi connectivity index (χ0v) is 12.9. The van der Waals surface area contributed by atoms with Gasteiger partial charge in [0.1, 0.15) is 0 Å². The second kappa shape index (κ2) is 9.11. The van der Waals surface area contributed by atoms with Crippen molar-refractivity contribution in [1.82, 2.24) is 5.32 Å². The first kappa shape index (κ1) is 16.2. The summed E-state index contributed by atoms with van der Waals surface area (Å²) in [7, 11) is 2.00. The quantitative estimate of drug-likeness (QED) is 0.677. The van der Waals surface area contributed by atoms with Crippen molar-refractivity contribution in [2.24, 2.45) is 0 Å². The van der Waals surface area contributed by atoms with Crippen LogP contribution in [0, 0.1) is 0 Å². The summed E-state index contributed by atoms with van der Waals surface area (Å²) in [6, 6.07) is 9.12. The van der Waals surface area contributed by atoms with Crippen molar-refractivity contribution in [3.63, 3.8) is 0 Å². The van der Waals surface area contributed by atoms with E-state index in [9.17, 15) is 0 Å². The van der Waals surface area contributed by atoms with Crippen molar-refractivity contribution in [2.75, 3.05) is 13.7 Å². The fourth-order valence-electron chi connectivity index (χ4n) is 2.35. The SMILES string of the molecule is CCCCCOC(C)C(NC)c1ccc(CC)cc1. The highest BCUT2D eigenvalue weighted by Gasteiger charge is 2.17. The summed E-state index contributed by atoms with van der Waals surface area (Å²) in [5.41, 5.74) is 2.69. The van der Waals surface area contributed by atoms with Gasteiger partial charge in [-0.2, -0.15) is 0 Å². The number of hydrogen-bond donors (Lipinski definition) is 1. The number of ether oxygens (including phenoxy) is 1. The van der Waals surface area contributed by atoms with E-state index in [-0.39, 0.29) is 12.1 Å². The van der Waals surface area contributed by atoms with Gasteiger partial charge in [-0.25, -0.2) is 0 Å². The Morgan fingerprint density at radius 2 is 1.79 bits per heavy atom. The Morgan fingerprint density at radius 1 is 1.11 bits per heavy atom. The Morgan fingerprint density at radius 3 is 2.32 bits per heavy atom. The molecular formula is C17H29NO. The molecule has 19 heavy (non-hydrogen) atoms. The Labute approximate surface area is 118 Å². The summed E-state index contributed by atoms with van der Waals surface area (Å²) in [5.74, 6) is 0. The van der Waals surface area contributed by atoms with Crippen LogP contribution in [0.3, 0.4) is 0 Å². The highest BCUT2D eigenvalue weighted by molar-refractivity contribution is 5.25. The van der Waals surface area contributed by atoms with Crippen LogP contribution in [-0.2, 0) is 11.2 Å². The van der Waals surface area contributed by atoms with Gasteiger partial charge in [0.2, 0.25) is 0 Å². The van der Waals surface area contributed by atoms with Gasteiger partial charge in [0.25, 0.3) is 0 Å². The van der Waals surface area contributed by atoms with Crippen LogP contribution in [0.2, 0.25) is 0 Å². The molecule has 108 valence electrons. The molecule has 0 aromatic heterocycles. The van der Waals surface area contributed by atoms with Crippen molar-refractivity contribution >= 4 is 0 Å². The Balaban J connectivity index is 2.54. The summed E-state index contributed by atoms with van der Waals surface area (Å²) in [6.45, 7) is 7.42. The standard InChI is InChI=1S/C17H29NO/c1-5-7-8-13-19-14(3)17(18-4)16-11-9-15(6-2)10-12-16/h9-12,14,17-18H,5-8,13H2,1-4H3. The molecule has 2 heteroatoms. The molecule has 1 rings (SSSR count). The molecular weight excluding hydrogens is 234 g/mol. The van der Waals surface area contributed by atoms with Crippen LogP contribution in [0.4, 0.5) is 0 Å². The summed E-state index contributed by atoms with van der Waals surface area (Å²) < 4.78 is 5.95. The van der Waals surface area contributed by atoms with E-state index in [1.54, 1.807) is 0 Å². The van der Waals surface area contributed by atoms with Gasteiger partial charge in [0.15, 0.2) is 0 Å². The van der Waals surface area contributed by atoms with E-state index in [2.05, 4.69) is 50.4 Å². The summed E-state index contributed by atoms with van der Waals surface area (Å²) >= 11 is 0. The van der Waals surface area contributed by atoms with E-state index in [1.807, 2.05) is 7.05 Å². The number of hydrogen-bond acceptors (Lipinski definition) is 2. The Kier molecular flexibility index (Phi) is 7.76. The minimum Gasteiger partial charge on any atom is -0.377 e. The number of unbranched alkanes of at least 4 members (excludes halogenated alkanes) is 2. The predicted octanol–water partition coefficient (Wildman–Crippen LogP) is 4.10. The summed E-state index contributed by atoms with van der Waals surface area (Å²) in [5, 5.41) is 3.37. The summed E-state index contributed by atoms with van der Waals surface area (Å²) in [4.78, 5) is 0. The molecule has 0 bridgehead atoms. The normalized spacial score (nSPS) is 14.3. The molecule has 0 amide bonds. The highest BCUT2D eigenvalue weighted by atomic mass is 16.5.